The third kappa shape index (κ3) is 2.82. The summed E-state index contributed by atoms with van der Waals surface area (Å²) >= 11 is 2.92. The molecule has 1 atom stereocenters. The number of aryl methyl sites for hydroxylation is 1. The van der Waals surface area contributed by atoms with Crippen molar-refractivity contribution >= 4 is 15.9 Å². The molecule has 2 aromatic rings. The van der Waals surface area contributed by atoms with E-state index in [9.17, 15) is 18.3 Å². The van der Waals surface area contributed by atoms with Crippen molar-refractivity contribution in [3.05, 3.63) is 68.9 Å². The summed E-state index contributed by atoms with van der Waals surface area (Å²) in [6.45, 7) is 1.63. The fourth-order valence-electron chi connectivity index (χ4n) is 1.88. The van der Waals surface area contributed by atoms with Crippen LogP contribution < -0.4 is 0 Å². The van der Waals surface area contributed by atoms with Crippen LogP contribution in [0.15, 0.2) is 34.8 Å². The van der Waals surface area contributed by atoms with Crippen molar-refractivity contribution in [1.82, 2.24) is 0 Å². The average molecular weight is 331 g/mol. The summed E-state index contributed by atoms with van der Waals surface area (Å²) in [5.74, 6) is -2.34. The van der Waals surface area contributed by atoms with Crippen LogP contribution in [0, 0.1) is 24.4 Å². The molecule has 0 heterocycles. The van der Waals surface area contributed by atoms with Gasteiger partial charge in [-0.3, -0.25) is 0 Å². The van der Waals surface area contributed by atoms with Gasteiger partial charge in [-0.1, -0.05) is 6.07 Å². The van der Waals surface area contributed by atoms with Gasteiger partial charge in [0.1, 0.15) is 23.6 Å². The number of hydrogen-bond acceptors (Lipinski definition) is 1. The van der Waals surface area contributed by atoms with E-state index in [2.05, 4.69) is 15.9 Å². The lowest BCUT2D eigenvalue weighted by Gasteiger charge is -2.15. The fourth-order valence-corrected chi connectivity index (χ4v) is 2.23. The normalized spacial score (nSPS) is 12.5. The highest BCUT2D eigenvalue weighted by atomic mass is 79.9. The molecule has 0 amide bonds. The average Bonchev–Trinajstić information content (AvgIpc) is 2.33. The summed E-state index contributed by atoms with van der Waals surface area (Å²) in [5, 5.41) is 10.1. The molecule has 0 aliphatic rings. The number of benzene rings is 2. The molecular formula is C14H10BrF3O. The summed E-state index contributed by atoms with van der Waals surface area (Å²) in [6, 6.07) is 6.05. The maximum absolute atomic E-state index is 13.9. The van der Waals surface area contributed by atoms with Gasteiger partial charge in [0.2, 0.25) is 0 Å². The maximum Gasteiger partial charge on any atom is 0.146 e. The third-order valence-electron chi connectivity index (χ3n) is 2.73. The molecule has 0 radical (unpaired) electrons. The predicted octanol–water partition coefficient (Wildman–Crippen LogP) is 4.26. The zero-order chi connectivity index (χ0) is 14.2. The van der Waals surface area contributed by atoms with E-state index in [4.69, 9.17) is 0 Å². The first-order valence-electron chi connectivity index (χ1n) is 5.48. The van der Waals surface area contributed by atoms with E-state index in [1.165, 1.54) is 18.2 Å². The van der Waals surface area contributed by atoms with Crippen molar-refractivity contribution < 1.29 is 18.3 Å². The molecule has 0 saturated heterocycles. The largest absolute Gasteiger partial charge is 0.383 e. The Morgan fingerprint density at radius 3 is 2.42 bits per heavy atom. The number of aliphatic hydroxyl groups is 1. The monoisotopic (exact) mass is 330 g/mol. The van der Waals surface area contributed by atoms with E-state index < -0.39 is 29.1 Å². The molecule has 5 heteroatoms. The molecule has 2 aromatic carbocycles. The zero-order valence-corrected chi connectivity index (χ0v) is 11.5. The van der Waals surface area contributed by atoms with Crippen LogP contribution in [0.3, 0.4) is 0 Å². The van der Waals surface area contributed by atoms with Crippen LogP contribution in [0.5, 0.6) is 0 Å². The van der Waals surface area contributed by atoms with Crippen LogP contribution in [0.2, 0.25) is 0 Å². The second-order valence-electron chi connectivity index (χ2n) is 4.22. The minimum atomic E-state index is -1.56. The first-order valence-corrected chi connectivity index (χ1v) is 6.28. The SMILES string of the molecule is Cc1cc(F)cc(C(O)c2c(F)ccc(Br)c2F)c1. The molecule has 0 saturated carbocycles. The van der Waals surface area contributed by atoms with Gasteiger partial charge < -0.3 is 5.11 Å². The van der Waals surface area contributed by atoms with Crippen molar-refractivity contribution in [2.75, 3.05) is 0 Å². The second kappa shape index (κ2) is 5.35. The van der Waals surface area contributed by atoms with Crippen LogP contribution in [0.4, 0.5) is 13.2 Å². The molecular weight excluding hydrogens is 321 g/mol. The third-order valence-corrected chi connectivity index (χ3v) is 3.35. The first kappa shape index (κ1) is 14.1. The molecule has 0 aromatic heterocycles. The molecule has 1 N–H and O–H groups in total. The van der Waals surface area contributed by atoms with E-state index in [-0.39, 0.29) is 10.0 Å². The Morgan fingerprint density at radius 1 is 1.11 bits per heavy atom. The van der Waals surface area contributed by atoms with Gasteiger partial charge >= 0.3 is 0 Å². The quantitative estimate of drug-likeness (QED) is 0.816. The topological polar surface area (TPSA) is 20.2 Å². The Labute approximate surface area is 116 Å². The molecule has 0 bridgehead atoms. The number of hydrogen-bond donors (Lipinski definition) is 1. The van der Waals surface area contributed by atoms with Gasteiger partial charge in [-0.25, -0.2) is 13.2 Å². The molecule has 1 unspecified atom stereocenters. The van der Waals surface area contributed by atoms with Crippen LogP contribution in [-0.2, 0) is 0 Å². The summed E-state index contributed by atoms with van der Waals surface area (Å²) in [5.41, 5.74) is 0.164. The Bertz CT molecular complexity index is 608. The molecule has 19 heavy (non-hydrogen) atoms. The van der Waals surface area contributed by atoms with E-state index in [1.54, 1.807) is 6.92 Å². The Hall–Kier alpha value is -1.33. The maximum atomic E-state index is 13.9. The lowest BCUT2D eigenvalue weighted by molar-refractivity contribution is 0.208. The Balaban J connectivity index is 2.55. The predicted molar refractivity (Wildman–Crippen MR) is 69.3 cm³/mol. The van der Waals surface area contributed by atoms with Gasteiger partial charge in [-0.05, 0) is 58.2 Å². The molecule has 0 aliphatic carbocycles. The van der Waals surface area contributed by atoms with Crippen LogP contribution in [-0.4, -0.2) is 5.11 Å². The van der Waals surface area contributed by atoms with Crippen molar-refractivity contribution in [3.63, 3.8) is 0 Å². The molecule has 0 aliphatic heterocycles. The van der Waals surface area contributed by atoms with E-state index in [0.29, 0.717) is 5.56 Å². The van der Waals surface area contributed by atoms with Gasteiger partial charge in [0.25, 0.3) is 0 Å². The number of halogens is 4. The smallest absolute Gasteiger partial charge is 0.146 e. The Morgan fingerprint density at radius 2 is 1.79 bits per heavy atom. The van der Waals surface area contributed by atoms with Gasteiger partial charge in [0.05, 0.1) is 10.0 Å². The van der Waals surface area contributed by atoms with E-state index in [0.717, 1.165) is 12.1 Å². The first-order chi connectivity index (χ1) is 8.90. The summed E-state index contributed by atoms with van der Waals surface area (Å²) in [7, 11) is 0. The van der Waals surface area contributed by atoms with Gasteiger partial charge in [0.15, 0.2) is 0 Å². The van der Waals surface area contributed by atoms with E-state index in [1.807, 2.05) is 0 Å². The lowest BCUT2D eigenvalue weighted by atomic mass is 9.99. The van der Waals surface area contributed by atoms with Crippen LogP contribution in [0.1, 0.15) is 22.8 Å². The summed E-state index contributed by atoms with van der Waals surface area (Å²) in [4.78, 5) is 0. The van der Waals surface area contributed by atoms with Crippen molar-refractivity contribution in [2.24, 2.45) is 0 Å². The molecule has 0 spiro atoms. The van der Waals surface area contributed by atoms with Gasteiger partial charge in [-0.2, -0.15) is 0 Å². The lowest BCUT2D eigenvalue weighted by Crippen LogP contribution is -2.07. The number of aliphatic hydroxyl groups excluding tert-OH is 1. The van der Waals surface area contributed by atoms with Gasteiger partial charge in [-0.15, -0.1) is 0 Å². The Kier molecular flexibility index (Phi) is 3.96. The fraction of sp³-hybridized carbons (Fsp3) is 0.143. The van der Waals surface area contributed by atoms with Crippen molar-refractivity contribution in [3.8, 4) is 0 Å². The minimum Gasteiger partial charge on any atom is -0.383 e. The molecule has 2 rings (SSSR count). The highest BCUT2D eigenvalue weighted by Gasteiger charge is 2.22. The van der Waals surface area contributed by atoms with Crippen molar-refractivity contribution in [2.45, 2.75) is 13.0 Å². The highest BCUT2D eigenvalue weighted by Crippen LogP contribution is 2.31. The van der Waals surface area contributed by atoms with Crippen molar-refractivity contribution in [1.29, 1.82) is 0 Å². The van der Waals surface area contributed by atoms with Gasteiger partial charge in [0, 0.05) is 0 Å². The van der Waals surface area contributed by atoms with E-state index >= 15 is 0 Å². The molecule has 100 valence electrons. The molecule has 0 fully saturated rings. The second-order valence-corrected chi connectivity index (χ2v) is 5.08. The number of rotatable bonds is 2. The highest BCUT2D eigenvalue weighted by molar-refractivity contribution is 9.10. The summed E-state index contributed by atoms with van der Waals surface area (Å²) in [6.07, 6.45) is -1.56. The molecule has 1 nitrogen and oxygen atoms in total. The standard InChI is InChI=1S/C14H10BrF3O/c1-7-4-8(6-9(16)5-7)14(19)12-11(17)3-2-10(15)13(12)18/h2-6,14,19H,1H3. The summed E-state index contributed by atoms with van der Waals surface area (Å²) < 4.78 is 40.8. The zero-order valence-electron chi connectivity index (χ0n) is 9.92. The van der Waals surface area contributed by atoms with Crippen LogP contribution >= 0.6 is 15.9 Å². The minimum absolute atomic E-state index is 0.0380. The van der Waals surface area contributed by atoms with Crippen LogP contribution in [0.25, 0.3) is 0 Å².